The van der Waals surface area contributed by atoms with Crippen LogP contribution in [-0.4, -0.2) is 29.1 Å². The van der Waals surface area contributed by atoms with Crippen molar-refractivity contribution < 1.29 is 29.1 Å². The van der Waals surface area contributed by atoms with Gasteiger partial charge < -0.3 is 19.5 Å². The van der Waals surface area contributed by atoms with Gasteiger partial charge in [0, 0.05) is 6.07 Å². The summed E-state index contributed by atoms with van der Waals surface area (Å²) in [4.78, 5) is 24.3. The molecule has 6 nitrogen and oxygen atoms in total. The zero-order chi connectivity index (χ0) is 20.1. The van der Waals surface area contributed by atoms with Crippen LogP contribution in [0.2, 0.25) is 5.02 Å². The van der Waals surface area contributed by atoms with Crippen LogP contribution in [0.25, 0.3) is 0 Å². The molecule has 28 heavy (non-hydrogen) atoms. The molecule has 0 aliphatic carbocycles. The zero-order valence-electron chi connectivity index (χ0n) is 14.4. The molecule has 0 saturated carbocycles. The quantitative estimate of drug-likeness (QED) is 0.391. The van der Waals surface area contributed by atoms with Gasteiger partial charge >= 0.3 is 19.1 Å². The van der Waals surface area contributed by atoms with Crippen molar-refractivity contribution in [1.82, 2.24) is 0 Å². The van der Waals surface area contributed by atoms with E-state index in [-0.39, 0.29) is 27.5 Å². The van der Waals surface area contributed by atoms with Gasteiger partial charge in [0.15, 0.2) is 0 Å². The molecular formula is C20H14BClO6. The Morgan fingerprint density at radius 1 is 0.786 bits per heavy atom. The summed E-state index contributed by atoms with van der Waals surface area (Å²) in [6, 6.07) is 18.4. The van der Waals surface area contributed by atoms with Crippen LogP contribution in [0.4, 0.5) is 0 Å². The molecule has 3 aromatic rings. The topological polar surface area (TPSA) is 93.1 Å². The number of halogens is 1. The summed E-state index contributed by atoms with van der Waals surface area (Å²) in [5.74, 6) is -0.996. The largest absolute Gasteiger partial charge is 0.488 e. The minimum Gasteiger partial charge on any atom is -0.423 e. The van der Waals surface area contributed by atoms with E-state index in [1.54, 1.807) is 30.3 Å². The van der Waals surface area contributed by atoms with Gasteiger partial charge in [-0.05, 0) is 41.9 Å². The predicted octanol–water partition coefficient (Wildman–Crippen LogP) is 2.46. The summed E-state index contributed by atoms with van der Waals surface area (Å²) >= 11 is 6.12. The van der Waals surface area contributed by atoms with Crippen LogP contribution < -0.4 is 14.9 Å². The first-order chi connectivity index (χ1) is 13.4. The monoisotopic (exact) mass is 396 g/mol. The Hall–Kier alpha value is -3.13. The van der Waals surface area contributed by atoms with Gasteiger partial charge in [-0.25, -0.2) is 9.59 Å². The van der Waals surface area contributed by atoms with Gasteiger partial charge in [0.25, 0.3) is 0 Å². The van der Waals surface area contributed by atoms with Crippen LogP contribution in [0.15, 0.2) is 72.8 Å². The number of benzene rings is 3. The van der Waals surface area contributed by atoms with E-state index in [1.807, 2.05) is 0 Å². The molecule has 3 rings (SSSR count). The first-order valence-corrected chi connectivity index (χ1v) is 8.57. The third-order valence-corrected chi connectivity index (χ3v) is 4.04. The first-order valence-electron chi connectivity index (χ1n) is 8.19. The van der Waals surface area contributed by atoms with Crippen LogP contribution in [-0.2, 0) is 0 Å². The average molecular weight is 397 g/mol. The van der Waals surface area contributed by atoms with E-state index in [0.29, 0.717) is 5.56 Å². The Kier molecular flexibility index (Phi) is 6.11. The Morgan fingerprint density at radius 2 is 1.46 bits per heavy atom. The number of hydrogen-bond acceptors (Lipinski definition) is 6. The molecule has 0 saturated heterocycles. The molecule has 0 heterocycles. The fourth-order valence-corrected chi connectivity index (χ4v) is 2.56. The van der Waals surface area contributed by atoms with Gasteiger partial charge in [-0.1, -0.05) is 41.9 Å². The lowest BCUT2D eigenvalue weighted by Gasteiger charge is -2.09. The fourth-order valence-electron chi connectivity index (χ4n) is 2.35. The summed E-state index contributed by atoms with van der Waals surface area (Å²) in [6.45, 7) is 0. The maximum Gasteiger partial charge on any atom is 0.488 e. The smallest absolute Gasteiger partial charge is 0.423 e. The highest BCUT2D eigenvalue weighted by atomic mass is 35.5. The normalized spacial score (nSPS) is 10.2. The number of rotatable bonds is 5. The summed E-state index contributed by atoms with van der Waals surface area (Å²) in [6.07, 6.45) is 0. The second-order valence-electron chi connectivity index (χ2n) is 5.74. The van der Waals surface area contributed by atoms with Gasteiger partial charge in [-0.15, -0.1) is 0 Å². The van der Waals surface area contributed by atoms with Crippen LogP contribution in [0.5, 0.6) is 11.5 Å². The van der Waals surface area contributed by atoms with Crippen molar-refractivity contribution >= 4 is 36.1 Å². The molecule has 0 atom stereocenters. The second kappa shape index (κ2) is 8.71. The summed E-state index contributed by atoms with van der Waals surface area (Å²) in [7, 11) is -1.70. The molecule has 2 N–H and O–H groups in total. The molecule has 0 aliphatic heterocycles. The molecule has 3 aromatic carbocycles. The van der Waals surface area contributed by atoms with Crippen LogP contribution in [0, 0.1) is 0 Å². The van der Waals surface area contributed by atoms with Crippen molar-refractivity contribution in [3.8, 4) is 11.5 Å². The Morgan fingerprint density at radius 3 is 2.14 bits per heavy atom. The molecule has 0 spiro atoms. The highest BCUT2D eigenvalue weighted by Gasteiger charge is 2.17. The molecule has 0 bridgehead atoms. The minimum atomic E-state index is -1.70. The molecule has 0 unspecified atom stereocenters. The number of carbonyl (C=O) groups excluding carboxylic acids is 2. The lowest BCUT2D eigenvalue weighted by molar-refractivity contribution is 0.0719. The van der Waals surface area contributed by atoms with Gasteiger partial charge in [0.05, 0.1) is 16.1 Å². The van der Waals surface area contributed by atoms with Crippen molar-refractivity contribution in [3.05, 3.63) is 88.9 Å². The van der Waals surface area contributed by atoms with Crippen molar-refractivity contribution in [2.75, 3.05) is 0 Å². The highest BCUT2D eigenvalue weighted by molar-refractivity contribution is 6.58. The van der Waals surface area contributed by atoms with Crippen molar-refractivity contribution in [2.24, 2.45) is 0 Å². The highest BCUT2D eigenvalue weighted by Crippen LogP contribution is 2.29. The van der Waals surface area contributed by atoms with E-state index in [9.17, 15) is 19.6 Å². The number of ether oxygens (including phenoxy) is 2. The molecule has 0 aromatic heterocycles. The number of hydrogen-bond donors (Lipinski definition) is 2. The number of carbonyl (C=O) groups is 2. The fraction of sp³-hybridized carbons (Fsp3) is 0. The van der Waals surface area contributed by atoms with Crippen LogP contribution in [0.1, 0.15) is 20.7 Å². The standard InChI is InChI=1S/C20H14BClO6/c22-17-12-16(27-19(23)13-5-2-1-3-6-13)9-10-18(17)28-20(24)14-7-4-8-15(11-14)21(25)26/h1-12,25-26H. The Labute approximate surface area is 166 Å². The number of esters is 2. The second-order valence-corrected chi connectivity index (χ2v) is 6.14. The zero-order valence-corrected chi connectivity index (χ0v) is 15.2. The van der Waals surface area contributed by atoms with Crippen LogP contribution >= 0.6 is 11.6 Å². The molecule has 0 amide bonds. The van der Waals surface area contributed by atoms with Gasteiger partial charge in [0.1, 0.15) is 11.5 Å². The molecule has 8 heteroatoms. The van der Waals surface area contributed by atoms with E-state index in [2.05, 4.69) is 0 Å². The average Bonchev–Trinajstić information content (AvgIpc) is 2.70. The molecular weight excluding hydrogens is 382 g/mol. The van der Waals surface area contributed by atoms with Crippen LogP contribution in [0.3, 0.4) is 0 Å². The van der Waals surface area contributed by atoms with Gasteiger partial charge in [-0.2, -0.15) is 0 Å². The van der Waals surface area contributed by atoms with E-state index in [4.69, 9.17) is 21.1 Å². The molecule has 0 radical (unpaired) electrons. The SMILES string of the molecule is O=C(Oc1ccc(OC(=O)c2cccc(B(O)O)c2)c(Cl)c1)c1ccccc1. The Bertz CT molecular complexity index is 1010. The summed E-state index contributed by atoms with van der Waals surface area (Å²) in [5.41, 5.74) is 0.671. The first kappa shape index (κ1) is 19.6. The van der Waals surface area contributed by atoms with Crippen molar-refractivity contribution in [1.29, 1.82) is 0 Å². The molecule has 140 valence electrons. The molecule has 0 fully saturated rings. The maximum absolute atomic E-state index is 12.3. The summed E-state index contributed by atoms with van der Waals surface area (Å²) < 4.78 is 10.5. The third-order valence-electron chi connectivity index (χ3n) is 3.75. The lowest BCUT2D eigenvalue weighted by Crippen LogP contribution is -2.30. The summed E-state index contributed by atoms with van der Waals surface area (Å²) in [5, 5.41) is 18.5. The predicted molar refractivity (Wildman–Crippen MR) is 104 cm³/mol. The maximum atomic E-state index is 12.3. The van der Waals surface area contributed by atoms with Gasteiger partial charge in [0.2, 0.25) is 0 Å². The van der Waals surface area contributed by atoms with E-state index < -0.39 is 19.1 Å². The third kappa shape index (κ3) is 4.78. The van der Waals surface area contributed by atoms with Crippen molar-refractivity contribution in [2.45, 2.75) is 0 Å². The van der Waals surface area contributed by atoms with E-state index in [0.717, 1.165) is 0 Å². The van der Waals surface area contributed by atoms with E-state index in [1.165, 1.54) is 42.5 Å². The Balaban J connectivity index is 1.71. The minimum absolute atomic E-state index is 0.0705. The van der Waals surface area contributed by atoms with Gasteiger partial charge in [-0.3, -0.25) is 0 Å². The lowest BCUT2D eigenvalue weighted by atomic mass is 9.80. The van der Waals surface area contributed by atoms with Crippen molar-refractivity contribution in [3.63, 3.8) is 0 Å². The molecule has 0 aliphatic rings. The van der Waals surface area contributed by atoms with E-state index >= 15 is 0 Å².